The molecule has 0 spiro atoms. The highest BCUT2D eigenvalue weighted by Crippen LogP contribution is 2.20. The Kier molecular flexibility index (Phi) is 8.05. The molecular weight excluding hydrogens is 338 g/mol. The predicted molar refractivity (Wildman–Crippen MR) is 109 cm³/mol. The first kappa shape index (κ1) is 20.7. The lowest BCUT2D eigenvalue weighted by molar-refractivity contribution is -0.137. The van der Waals surface area contributed by atoms with E-state index in [1.54, 1.807) is 38.1 Å². The monoisotopic (exact) mass is 367 g/mol. The highest BCUT2D eigenvalue weighted by atomic mass is 16.5. The van der Waals surface area contributed by atoms with Crippen LogP contribution in [0.25, 0.3) is 0 Å². The molecule has 0 unspecified atom stereocenters. The Morgan fingerprint density at radius 3 is 2.41 bits per heavy atom. The van der Waals surface area contributed by atoms with E-state index in [-0.39, 0.29) is 23.7 Å². The molecule has 0 fully saturated rings. The molecule has 0 aliphatic rings. The largest absolute Gasteiger partial charge is 0.426 e. The molecule has 2 aromatic rings. The second-order valence-corrected chi connectivity index (χ2v) is 7.23. The van der Waals surface area contributed by atoms with E-state index in [1.807, 2.05) is 13.0 Å². The zero-order valence-corrected chi connectivity index (χ0v) is 16.4. The maximum Gasteiger partial charge on any atom is 0.313 e. The molecule has 1 N–H and O–H groups in total. The maximum absolute atomic E-state index is 12.4. The minimum absolute atomic E-state index is 0.0120. The molecule has 0 aliphatic heterocycles. The van der Waals surface area contributed by atoms with Crippen molar-refractivity contribution in [3.63, 3.8) is 0 Å². The molecule has 1 amide bonds. The smallest absolute Gasteiger partial charge is 0.313 e. The van der Waals surface area contributed by atoms with Crippen molar-refractivity contribution in [1.29, 1.82) is 0 Å². The molecule has 0 aromatic heterocycles. The molecule has 0 radical (unpaired) electrons. The molecule has 4 nitrogen and oxygen atoms in total. The lowest BCUT2D eigenvalue weighted by Crippen LogP contribution is -2.20. The van der Waals surface area contributed by atoms with Gasteiger partial charge in [0.05, 0.1) is 5.92 Å². The summed E-state index contributed by atoms with van der Waals surface area (Å²) in [6.07, 6.45) is 3.97. The fourth-order valence-electron chi connectivity index (χ4n) is 2.69. The molecule has 27 heavy (non-hydrogen) atoms. The van der Waals surface area contributed by atoms with Crippen molar-refractivity contribution < 1.29 is 14.3 Å². The SMILES string of the molecule is CC(C)C(=O)Oc1cccc(NC(=O)[C@@H](C)CCCCc2ccccc2)c1. The van der Waals surface area contributed by atoms with E-state index >= 15 is 0 Å². The van der Waals surface area contributed by atoms with Crippen molar-refractivity contribution in [3.05, 3.63) is 60.2 Å². The summed E-state index contributed by atoms with van der Waals surface area (Å²) >= 11 is 0. The summed E-state index contributed by atoms with van der Waals surface area (Å²) < 4.78 is 5.29. The molecule has 0 heterocycles. The molecule has 2 aromatic carbocycles. The topological polar surface area (TPSA) is 55.4 Å². The van der Waals surface area contributed by atoms with Crippen LogP contribution in [-0.4, -0.2) is 11.9 Å². The molecular formula is C23H29NO3. The van der Waals surface area contributed by atoms with E-state index in [4.69, 9.17) is 4.74 Å². The second kappa shape index (κ2) is 10.5. The molecule has 0 aliphatic carbocycles. The summed E-state index contributed by atoms with van der Waals surface area (Å²) in [4.78, 5) is 24.1. The third kappa shape index (κ3) is 7.26. The predicted octanol–water partition coefficient (Wildman–Crippen LogP) is 5.24. The van der Waals surface area contributed by atoms with E-state index in [2.05, 4.69) is 29.6 Å². The molecule has 0 saturated heterocycles. The molecule has 0 saturated carbocycles. The van der Waals surface area contributed by atoms with Crippen LogP contribution in [0.15, 0.2) is 54.6 Å². The van der Waals surface area contributed by atoms with E-state index < -0.39 is 0 Å². The average Bonchev–Trinajstić information content (AvgIpc) is 2.66. The molecule has 0 bridgehead atoms. The van der Waals surface area contributed by atoms with Crippen molar-refractivity contribution >= 4 is 17.6 Å². The normalized spacial score (nSPS) is 11.9. The first-order chi connectivity index (χ1) is 13.0. The van der Waals surface area contributed by atoms with Gasteiger partial charge >= 0.3 is 5.97 Å². The zero-order valence-electron chi connectivity index (χ0n) is 16.4. The number of nitrogens with one attached hydrogen (secondary N) is 1. The van der Waals surface area contributed by atoms with Gasteiger partial charge in [-0.1, -0.05) is 63.6 Å². The van der Waals surface area contributed by atoms with E-state index in [1.165, 1.54) is 5.56 Å². The lowest BCUT2D eigenvalue weighted by atomic mass is 10.0. The highest BCUT2D eigenvalue weighted by Gasteiger charge is 2.14. The number of carbonyl (C=O) groups excluding carboxylic acids is 2. The summed E-state index contributed by atoms with van der Waals surface area (Å²) in [6.45, 7) is 5.52. The average molecular weight is 367 g/mol. The number of benzene rings is 2. The van der Waals surface area contributed by atoms with Crippen LogP contribution in [0.5, 0.6) is 5.75 Å². The van der Waals surface area contributed by atoms with Crippen molar-refractivity contribution in [2.75, 3.05) is 5.32 Å². The van der Waals surface area contributed by atoms with Crippen LogP contribution >= 0.6 is 0 Å². The standard InChI is InChI=1S/C23H29NO3/c1-17(2)23(26)27-21-15-9-14-20(16-21)24-22(25)18(3)10-7-8-13-19-11-5-4-6-12-19/h4-6,9,11-12,14-18H,7-8,10,13H2,1-3H3,(H,24,25)/t18-/m0/s1. The van der Waals surface area contributed by atoms with Gasteiger partial charge in [0.1, 0.15) is 5.75 Å². The van der Waals surface area contributed by atoms with Crippen molar-refractivity contribution in [3.8, 4) is 5.75 Å². The van der Waals surface area contributed by atoms with Crippen LogP contribution in [0, 0.1) is 11.8 Å². The van der Waals surface area contributed by atoms with Gasteiger partial charge in [0.2, 0.25) is 5.91 Å². The Hall–Kier alpha value is -2.62. The zero-order chi connectivity index (χ0) is 19.6. The number of hydrogen-bond donors (Lipinski definition) is 1. The van der Waals surface area contributed by atoms with Gasteiger partial charge in [0.25, 0.3) is 0 Å². The Labute approximate surface area is 161 Å². The summed E-state index contributed by atoms with van der Waals surface area (Å²) in [5.74, 6) is -0.115. The van der Waals surface area contributed by atoms with Crippen molar-refractivity contribution in [1.82, 2.24) is 0 Å². The van der Waals surface area contributed by atoms with Gasteiger partial charge in [-0.2, -0.15) is 0 Å². The van der Waals surface area contributed by atoms with Crippen LogP contribution in [0.3, 0.4) is 0 Å². The van der Waals surface area contributed by atoms with Crippen LogP contribution in [0.4, 0.5) is 5.69 Å². The molecule has 144 valence electrons. The summed E-state index contributed by atoms with van der Waals surface area (Å²) in [6, 6.07) is 17.4. The third-order valence-corrected chi connectivity index (χ3v) is 4.43. The number of esters is 1. The van der Waals surface area contributed by atoms with Gasteiger partial charge in [-0.25, -0.2) is 0 Å². The molecule has 4 heteroatoms. The van der Waals surface area contributed by atoms with Crippen molar-refractivity contribution in [2.24, 2.45) is 11.8 Å². The van der Waals surface area contributed by atoms with E-state index in [0.717, 1.165) is 25.7 Å². The van der Waals surface area contributed by atoms with Gasteiger partial charge in [0, 0.05) is 17.7 Å². The summed E-state index contributed by atoms with van der Waals surface area (Å²) in [5.41, 5.74) is 1.98. The van der Waals surface area contributed by atoms with E-state index in [0.29, 0.717) is 11.4 Å². The summed E-state index contributed by atoms with van der Waals surface area (Å²) in [7, 11) is 0. The van der Waals surface area contributed by atoms with Gasteiger partial charge in [-0.3, -0.25) is 9.59 Å². The minimum Gasteiger partial charge on any atom is -0.426 e. The summed E-state index contributed by atoms with van der Waals surface area (Å²) in [5, 5.41) is 2.91. The quantitative estimate of drug-likeness (QED) is 0.375. The van der Waals surface area contributed by atoms with Gasteiger partial charge in [0.15, 0.2) is 0 Å². The highest BCUT2D eigenvalue weighted by molar-refractivity contribution is 5.92. The van der Waals surface area contributed by atoms with Gasteiger partial charge in [-0.05, 0) is 37.0 Å². The Balaban J connectivity index is 1.77. The number of ether oxygens (including phenoxy) is 1. The van der Waals surface area contributed by atoms with E-state index in [9.17, 15) is 9.59 Å². The number of carbonyl (C=O) groups is 2. The minimum atomic E-state index is -0.287. The van der Waals surface area contributed by atoms with Gasteiger partial charge < -0.3 is 10.1 Å². The Bertz CT molecular complexity index is 740. The number of unbranched alkanes of at least 4 members (excludes halogenated alkanes) is 1. The third-order valence-electron chi connectivity index (χ3n) is 4.43. The molecule has 2 rings (SSSR count). The number of aryl methyl sites for hydroxylation is 1. The Morgan fingerprint density at radius 2 is 1.70 bits per heavy atom. The Morgan fingerprint density at radius 1 is 0.963 bits per heavy atom. The van der Waals surface area contributed by atoms with Crippen LogP contribution in [0.2, 0.25) is 0 Å². The number of amides is 1. The number of hydrogen-bond acceptors (Lipinski definition) is 3. The fraction of sp³-hybridized carbons (Fsp3) is 0.391. The maximum atomic E-state index is 12.4. The number of rotatable bonds is 9. The fourth-order valence-corrected chi connectivity index (χ4v) is 2.69. The van der Waals surface area contributed by atoms with Crippen LogP contribution in [-0.2, 0) is 16.0 Å². The molecule has 1 atom stereocenters. The van der Waals surface area contributed by atoms with Gasteiger partial charge in [-0.15, -0.1) is 0 Å². The van der Waals surface area contributed by atoms with Crippen LogP contribution < -0.4 is 10.1 Å². The number of anilines is 1. The van der Waals surface area contributed by atoms with Crippen LogP contribution in [0.1, 0.15) is 45.6 Å². The first-order valence-electron chi connectivity index (χ1n) is 9.62. The first-order valence-corrected chi connectivity index (χ1v) is 9.62. The second-order valence-electron chi connectivity index (χ2n) is 7.23. The van der Waals surface area contributed by atoms with Crippen molar-refractivity contribution in [2.45, 2.75) is 46.5 Å². The lowest BCUT2D eigenvalue weighted by Gasteiger charge is -2.13.